The topological polar surface area (TPSA) is 71.8 Å². The predicted octanol–water partition coefficient (Wildman–Crippen LogP) is 6.47. The van der Waals surface area contributed by atoms with Crippen LogP contribution in [-0.4, -0.2) is 20.7 Å². The first-order valence-electron chi connectivity index (χ1n) is 10.6. The number of rotatable bonds is 5. The zero-order chi connectivity index (χ0) is 26.3. The number of carbonyl (C=O) groups excluding carboxylic acids is 1. The van der Waals surface area contributed by atoms with Gasteiger partial charge >= 0.3 is 12.4 Å². The van der Waals surface area contributed by atoms with Crippen LogP contribution >= 0.6 is 0 Å². The molecule has 0 aliphatic carbocycles. The Balaban J connectivity index is 1.50. The van der Waals surface area contributed by atoms with E-state index in [1.54, 1.807) is 31.2 Å². The maximum absolute atomic E-state index is 13.0. The van der Waals surface area contributed by atoms with E-state index < -0.39 is 36.1 Å². The molecule has 1 amide bonds. The number of nitrogens with zero attached hydrogens (tertiary/aromatic N) is 3. The fraction of sp³-hybridized carbons (Fsp3) is 0.208. The Labute approximate surface area is 200 Å². The van der Waals surface area contributed by atoms with Crippen molar-refractivity contribution in [2.75, 3.05) is 10.6 Å². The summed E-state index contributed by atoms with van der Waals surface area (Å²) in [5.74, 6) is -0.228. The fourth-order valence-electron chi connectivity index (χ4n) is 3.60. The number of hydrogen-bond acceptors (Lipinski definition) is 4. The third-order valence-corrected chi connectivity index (χ3v) is 5.33. The zero-order valence-electron chi connectivity index (χ0n) is 18.9. The molecule has 0 aliphatic heterocycles. The number of pyridine rings is 1. The quantitative estimate of drug-likeness (QED) is 0.304. The van der Waals surface area contributed by atoms with Gasteiger partial charge in [-0.25, -0.2) is 4.98 Å². The molecule has 2 aromatic carbocycles. The normalized spacial score (nSPS) is 12.1. The van der Waals surface area contributed by atoms with Crippen LogP contribution in [0.15, 0.2) is 54.6 Å². The summed E-state index contributed by atoms with van der Waals surface area (Å²) >= 11 is 0. The number of benzene rings is 2. The highest BCUT2D eigenvalue weighted by Gasteiger charge is 2.34. The minimum Gasteiger partial charge on any atom is -0.340 e. The van der Waals surface area contributed by atoms with Gasteiger partial charge in [0.15, 0.2) is 5.69 Å². The average molecular weight is 507 g/mol. The monoisotopic (exact) mass is 507 g/mol. The molecule has 2 aromatic heterocycles. The molecule has 0 fully saturated rings. The maximum atomic E-state index is 13.0. The zero-order valence-corrected chi connectivity index (χ0v) is 18.9. The van der Waals surface area contributed by atoms with Gasteiger partial charge in [-0.15, -0.1) is 0 Å². The first-order chi connectivity index (χ1) is 16.8. The second-order valence-electron chi connectivity index (χ2n) is 8.13. The number of alkyl halides is 6. The van der Waals surface area contributed by atoms with E-state index in [1.807, 2.05) is 0 Å². The number of aryl methyl sites for hydroxylation is 2. The number of amides is 1. The Morgan fingerprint density at radius 1 is 0.917 bits per heavy atom. The lowest BCUT2D eigenvalue weighted by Gasteiger charge is -2.13. The summed E-state index contributed by atoms with van der Waals surface area (Å²) in [5.41, 5.74) is 0.222. The third kappa shape index (κ3) is 5.58. The highest BCUT2D eigenvalue weighted by molar-refractivity contribution is 5.94. The summed E-state index contributed by atoms with van der Waals surface area (Å²) in [6.45, 7) is 2.79. The molecule has 12 heteroatoms. The lowest BCUT2D eigenvalue weighted by atomic mass is 10.1. The summed E-state index contributed by atoms with van der Waals surface area (Å²) in [6, 6.07) is 12.1. The van der Waals surface area contributed by atoms with Crippen molar-refractivity contribution in [3.8, 4) is 0 Å². The van der Waals surface area contributed by atoms with Gasteiger partial charge in [0.1, 0.15) is 12.4 Å². The molecule has 36 heavy (non-hydrogen) atoms. The van der Waals surface area contributed by atoms with Crippen LogP contribution in [-0.2, 0) is 23.7 Å². The van der Waals surface area contributed by atoms with Crippen LogP contribution < -0.4 is 10.6 Å². The Morgan fingerprint density at radius 2 is 1.67 bits per heavy atom. The minimum atomic E-state index is -4.61. The second-order valence-corrected chi connectivity index (χ2v) is 8.13. The first-order valence-corrected chi connectivity index (χ1v) is 10.6. The number of fused-ring (bicyclic) bond motifs is 1. The van der Waals surface area contributed by atoms with Crippen molar-refractivity contribution < 1.29 is 31.1 Å². The summed E-state index contributed by atoms with van der Waals surface area (Å²) in [5, 5.41) is 9.62. The molecule has 0 aliphatic rings. The van der Waals surface area contributed by atoms with Crippen LogP contribution in [0.4, 0.5) is 43.5 Å². The van der Waals surface area contributed by atoms with Crippen molar-refractivity contribution in [3.63, 3.8) is 0 Å². The highest BCUT2D eigenvalue weighted by atomic mass is 19.4. The average Bonchev–Trinajstić information content (AvgIpc) is 3.14. The molecule has 0 bridgehead atoms. The van der Waals surface area contributed by atoms with E-state index in [1.165, 1.54) is 19.1 Å². The predicted molar refractivity (Wildman–Crippen MR) is 122 cm³/mol. The van der Waals surface area contributed by atoms with Crippen LogP contribution in [0.5, 0.6) is 0 Å². The van der Waals surface area contributed by atoms with Gasteiger partial charge in [0, 0.05) is 22.5 Å². The Hall–Kier alpha value is -4.09. The van der Waals surface area contributed by atoms with E-state index in [4.69, 9.17) is 0 Å². The van der Waals surface area contributed by atoms with E-state index in [0.29, 0.717) is 22.4 Å². The minimum absolute atomic E-state index is 0.192. The summed E-state index contributed by atoms with van der Waals surface area (Å²) in [4.78, 5) is 16.8. The molecular weight excluding hydrogens is 488 g/mol. The van der Waals surface area contributed by atoms with E-state index in [-0.39, 0.29) is 11.4 Å². The van der Waals surface area contributed by atoms with Gasteiger partial charge in [-0.05, 0) is 67.9 Å². The molecule has 4 rings (SSSR count). The Kier molecular flexibility index (Phi) is 6.37. The molecule has 2 N–H and O–H groups in total. The molecule has 0 unspecified atom stereocenters. The van der Waals surface area contributed by atoms with Crippen LogP contribution in [0.1, 0.15) is 22.5 Å². The number of anilines is 3. The van der Waals surface area contributed by atoms with Crippen LogP contribution in [0, 0.1) is 13.8 Å². The van der Waals surface area contributed by atoms with Crippen molar-refractivity contribution in [2.24, 2.45) is 0 Å². The van der Waals surface area contributed by atoms with Crippen molar-refractivity contribution in [1.82, 2.24) is 14.8 Å². The number of halogens is 6. The number of aromatic nitrogens is 3. The molecule has 4 aromatic rings. The molecule has 188 valence electrons. The van der Waals surface area contributed by atoms with Gasteiger partial charge in [-0.3, -0.25) is 9.48 Å². The standard InChI is InChI=1S/C24H19F6N5O/c1-13-8-21(31-16-5-3-4-15(10-16)23(25,26)27)33-19-7-6-17(11-18(13)19)32-22(36)12-35-14(2)9-20(34-35)24(28,29)30/h3-11H,12H2,1-2H3,(H,31,33)(H,32,36). The molecular formula is C24H19F6N5O. The summed E-state index contributed by atoms with van der Waals surface area (Å²) in [6.07, 6.45) is -9.08. The Morgan fingerprint density at radius 3 is 2.33 bits per heavy atom. The smallest absolute Gasteiger partial charge is 0.340 e. The van der Waals surface area contributed by atoms with Crippen molar-refractivity contribution in [2.45, 2.75) is 32.7 Å². The van der Waals surface area contributed by atoms with E-state index in [9.17, 15) is 31.1 Å². The van der Waals surface area contributed by atoms with Gasteiger partial charge in [0.25, 0.3) is 0 Å². The van der Waals surface area contributed by atoms with Crippen molar-refractivity contribution in [3.05, 3.63) is 77.1 Å². The number of carbonyl (C=O) groups is 1. The van der Waals surface area contributed by atoms with Gasteiger partial charge < -0.3 is 10.6 Å². The molecule has 0 radical (unpaired) electrons. The molecule has 6 nitrogen and oxygen atoms in total. The lowest BCUT2D eigenvalue weighted by molar-refractivity contribution is -0.141. The van der Waals surface area contributed by atoms with Crippen molar-refractivity contribution in [1.29, 1.82) is 0 Å². The summed E-state index contributed by atoms with van der Waals surface area (Å²) in [7, 11) is 0. The van der Waals surface area contributed by atoms with Gasteiger partial charge in [0.05, 0.1) is 11.1 Å². The molecule has 0 saturated carbocycles. The molecule has 0 atom stereocenters. The van der Waals surface area contributed by atoms with E-state index in [0.717, 1.165) is 28.4 Å². The first kappa shape index (κ1) is 25.0. The van der Waals surface area contributed by atoms with Gasteiger partial charge in [0.2, 0.25) is 5.91 Å². The third-order valence-electron chi connectivity index (χ3n) is 5.33. The fourth-order valence-corrected chi connectivity index (χ4v) is 3.60. The number of hydrogen-bond donors (Lipinski definition) is 2. The highest BCUT2D eigenvalue weighted by Crippen LogP contribution is 2.32. The van der Waals surface area contributed by atoms with Crippen LogP contribution in [0.3, 0.4) is 0 Å². The molecule has 0 spiro atoms. The maximum Gasteiger partial charge on any atom is 0.435 e. The second kappa shape index (κ2) is 9.17. The Bertz CT molecular complexity index is 1440. The largest absolute Gasteiger partial charge is 0.435 e. The van der Waals surface area contributed by atoms with E-state index >= 15 is 0 Å². The van der Waals surface area contributed by atoms with Gasteiger partial charge in [-0.1, -0.05) is 6.07 Å². The summed E-state index contributed by atoms with van der Waals surface area (Å²) < 4.78 is 78.4. The van der Waals surface area contributed by atoms with Crippen LogP contribution in [0.25, 0.3) is 10.9 Å². The van der Waals surface area contributed by atoms with E-state index in [2.05, 4.69) is 20.7 Å². The molecule has 2 heterocycles. The van der Waals surface area contributed by atoms with Gasteiger partial charge in [-0.2, -0.15) is 31.4 Å². The van der Waals surface area contributed by atoms with Crippen molar-refractivity contribution >= 4 is 34.0 Å². The number of nitrogens with one attached hydrogen (secondary N) is 2. The molecule has 0 saturated heterocycles. The SMILES string of the molecule is Cc1cc(Nc2cccc(C(F)(F)F)c2)nc2ccc(NC(=O)Cn3nc(C(F)(F)F)cc3C)cc12. The lowest BCUT2D eigenvalue weighted by Crippen LogP contribution is -2.20. The van der Waals surface area contributed by atoms with Crippen LogP contribution in [0.2, 0.25) is 0 Å².